The number of carboxylic acid groups (broad SMARTS) is 1. The van der Waals surface area contributed by atoms with Gasteiger partial charge in [-0.15, -0.1) is 6.42 Å². The molecule has 0 bridgehead atoms. The van der Waals surface area contributed by atoms with Crippen molar-refractivity contribution in [2.75, 3.05) is 23.3 Å². The predicted molar refractivity (Wildman–Crippen MR) is 130 cm³/mol. The summed E-state index contributed by atoms with van der Waals surface area (Å²) in [7, 11) is -2.33. The fourth-order valence-corrected chi connectivity index (χ4v) is 4.95. The number of nitrogens with one attached hydrogen (secondary N) is 1. The molecular weight excluding hydrogens is 440 g/mol. The molecule has 7 nitrogen and oxygen atoms in total. The van der Waals surface area contributed by atoms with Crippen molar-refractivity contribution in [1.82, 2.24) is 0 Å². The summed E-state index contributed by atoms with van der Waals surface area (Å²) in [5, 5.41) is 10.7. The molecule has 2 N–H and O–H groups in total. The number of hydrogen-bond acceptors (Lipinski definition) is 5. The molecule has 0 saturated carbocycles. The smallest absolute Gasteiger partial charge is 0.305 e. The van der Waals surface area contributed by atoms with Gasteiger partial charge >= 0.3 is 5.97 Å². The number of carbonyl (C=O) groups is 1. The van der Waals surface area contributed by atoms with Crippen molar-refractivity contribution >= 4 is 38.1 Å². The zero-order chi connectivity index (χ0) is 24.2. The molecule has 8 heteroatoms. The monoisotopic (exact) mass is 466 g/mol. The number of hydrogen-bond donors (Lipinski definition) is 2. The Kier molecular flexibility index (Phi) is 7.14. The van der Waals surface area contributed by atoms with E-state index in [0.717, 1.165) is 11.1 Å². The minimum atomic E-state index is -3.86. The lowest BCUT2D eigenvalue weighted by molar-refractivity contribution is -0.137. The summed E-state index contributed by atoms with van der Waals surface area (Å²) in [6.07, 6.45) is 5.47. The average Bonchev–Trinajstić information content (AvgIpc) is 2.77. The molecule has 3 aromatic carbocycles. The van der Waals surface area contributed by atoms with Crippen LogP contribution in [0.3, 0.4) is 0 Å². The maximum Gasteiger partial charge on any atom is 0.305 e. The molecule has 172 valence electrons. The van der Waals surface area contributed by atoms with Gasteiger partial charge in [-0.3, -0.25) is 9.52 Å². The first kappa shape index (κ1) is 24.0. The minimum absolute atomic E-state index is 0.0821. The molecule has 0 radical (unpaired) electrons. The van der Waals surface area contributed by atoms with E-state index in [0.29, 0.717) is 22.4 Å². The third-order valence-corrected chi connectivity index (χ3v) is 6.76. The predicted octanol–water partition coefficient (Wildman–Crippen LogP) is 4.26. The van der Waals surface area contributed by atoms with Gasteiger partial charge in [0.1, 0.15) is 5.75 Å². The Morgan fingerprint density at radius 1 is 1.18 bits per heavy atom. The maximum atomic E-state index is 13.1. The quantitative estimate of drug-likeness (QED) is 0.458. The lowest BCUT2D eigenvalue weighted by atomic mass is 10.0. The van der Waals surface area contributed by atoms with Crippen LogP contribution in [0, 0.1) is 19.3 Å². The van der Waals surface area contributed by atoms with Gasteiger partial charge in [0.15, 0.2) is 0 Å². The number of aryl methyl sites for hydroxylation is 1. The van der Waals surface area contributed by atoms with Crippen LogP contribution in [0.2, 0.25) is 0 Å². The molecule has 1 atom stereocenters. The SMILES string of the molecule is C#CCN(c1ccc(NS(=O)(=O)c2ccc(OC)c(C)c2)c2ccccc12)[C@@H](C)CC(=O)O. The van der Waals surface area contributed by atoms with Crippen molar-refractivity contribution in [1.29, 1.82) is 0 Å². The van der Waals surface area contributed by atoms with E-state index in [1.165, 1.54) is 13.2 Å². The average molecular weight is 467 g/mol. The molecule has 3 rings (SSSR count). The molecule has 0 amide bonds. The Balaban J connectivity index is 2.05. The standard InChI is InChI=1S/C25H26N2O5S/c1-5-14-27(18(3)16-25(28)29)23-12-11-22(20-8-6-7-9-21(20)23)26-33(30,31)19-10-13-24(32-4)17(2)15-19/h1,6-13,15,18,26H,14,16H2,2-4H3,(H,28,29)/t18-/m0/s1. The molecule has 0 saturated heterocycles. The summed E-state index contributed by atoms with van der Waals surface area (Å²) < 4.78 is 34.1. The Labute approximate surface area is 194 Å². The number of carboxylic acids is 1. The third kappa shape index (κ3) is 5.21. The zero-order valence-corrected chi connectivity index (χ0v) is 19.5. The number of anilines is 2. The van der Waals surface area contributed by atoms with Gasteiger partial charge in [0, 0.05) is 22.5 Å². The van der Waals surface area contributed by atoms with E-state index in [1.807, 2.05) is 29.2 Å². The van der Waals surface area contributed by atoms with E-state index in [4.69, 9.17) is 11.2 Å². The second-order valence-electron chi connectivity index (χ2n) is 7.69. The molecule has 0 heterocycles. The highest BCUT2D eigenvalue weighted by Crippen LogP contribution is 2.35. The number of fused-ring (bicyclic) bond motifs is 1. The fourth-order valence-electron chi connectivity index (χ4n) is 3.78. The molecule has 0 spiro atoms. The third-order valence-electron chi connectivity index (χ3n) is 5.40. The van der Waals surface area contributed by atoms with Crippen LogP contribution < -0.4 is 14.4 Å². The first-order valence-electron chi connectivity index (χ1n) is 10.3. The highest BCUT2D eigenvalue weighted by molar-refractivity contribution is 7.92. The summed E-state index contributed by atoms with van der Waals surface area (Å²) in [5.41, 5.74) is 1.85. The highest BCUT2D eigenvalue weighted by Gasteiger charge is 2.21. The second kappa shape index (κ2) is 9.84. The molecule has 0 unspecified atom stereocenters. The van der Waals surface area contributed by atoms with Crippen LogP contribution in [0.25, 0.3) is 10.8 Å². The number of benzene rings is 3. The molecule has 0 aliphatic heterocycles. The first-order valence-corrected chi connectivity index (χ1v) is 11.8. The lowest BCUT2D eigenvalue weighted by Gasteiger charge is -2.30. The van der Waals surface area contributed by atoms with Crippen LogP contribution in [-0.2, 0) is 14.8 Å². The van der Waals surface area contributed by atoms with Gasteiger partial charge in [-0.05, 0) is 49.7 Å². The highest BCUT2D eigenvalue weighted by atomic mass is 32.2. The summed E-state index contributed by atoms with van der Waals surface area (Å²) in [6.45, 7) is 3.79. The number of nitrogens with zero attached hydrogens (tertiary/aromatic N) is 1. The summed E-state index contributed by atoms with van der Waals surface area (Å²) in [4.78, 5) is 13.2. The number of sulfonamides is 1. The van der Waals surface area contributed by atoms with Gasteiger partial charge in [0.05, 0.1) is 30.7 Å². The summed E-state index contributed by atoms with van der Waals surface area (Å²) in [6, 6.07) is 15.1. The van der Waals surface area contributed by atoms with Crippen molar-refractivity contribution in [3.05, 3.63) is 60.2 Å². The molecule has 3 aromatic rings. The van der Waals surface area contributed by atoms with Crippen LogP contribution >= 0.6 is 0 Å². The topological polar surface area (TPSA) is 95.9 Å². The van der Waals surface area contributed by atoms with E-state index in [-0.39, 0.29) is 23.9 Å². The number of methoxy groups -OCH3 is 1. The largest absolute Gasteiger partial charge is 0.496 e. The van der Waals surface area contributed by atoms with Crippen LogP contribution in [0.5, 0.6) is 5.75 Å². The molecule has 0 aliphatic carbocycles. The van der Waals surface area contributed by atoms with Gasteiger partial charge in [0.25, 0.3) is 10.0 Å². The zero-order valence-electron chi connectivity index (χ0n) is 18.7. The van der Waals surface area contributed by atoms with E-state index >= 15 is 0 Å². The van der Waals surface area contributed by atoms with Crippen LogP contribution in [0.4, 0.5) is 11.4 Å². The summed E-state index contributed by atoms with van der Waals surface area (Å²) in [5.74, 6) is 2.27. The van der Waals surface area contributed by atoms with E-state index in [2.05, 4.69) is 10.6 Å². The van der Waals surface area contributed by atoms with Crippen molar-refractivity contribution < 1.29 is 23.1 Å². The second-order valence-corrected chi connectivity index (χ2v) is 9.38. The van der Waals surface area contributed by atoms with Crippen molar-refractivity contribution in [2.24, 2.45) is 0 Å². The van der Waals surface area contributed by atoms with Gasteiger partial charge in [-0.1, -0.05) is 30.2 Å². The van der Waals surface area contributed by atoms with Gasteiger partial charge in [0.2, 0.25) is 0 Å². The van der Waals surface area contributed by atoms with Crippen molar-refractivity contribution in [2.45, 2.75) is 31.2 Å². The van der Waals surface area contributed by atoms with Gasteiger partial charge in [-0.25, -0.2) is 8.42 Å². The molecule has 0 aliphatic rings. The van der Waals surface area contributed by atoms with E-state index in [1.54, 1.807) is 38.1 Å². The number of rotatable bonds is 9. The lowest BCUT2D eigenvalue weighted by Crippen LogP contribution is -2.35. The Morgan fingerprint density at radius 3 is 2.48 bits per heavy atom. The number of ether oxygens (including phenoxy) is 1. The minimum Gasteiger partial charge on any atom is -0.496 e. The normalized spacial score (nSPS) is 12.1. The van der Waals surface area contributed by atoms with Crippen LogP contribution in [-0.4, -0.2) is 39.2 Å². The Bertz CT molecular complexity index is 1330. The van der Waals surface area contributed by atoms with E-state index in [9.17, 15) is 18.3 Å². The van der Waals surface area contributed by atoms with Gasteiger partial charge in [-0.2, -0.15) is 0 Å². The maximum absolute atomic E-state index is 13.1. The fraction of sp³-hybridized carbons (Fsp3) is 0.240. The van der Waals surface area contributed by atoms with Crippen LogP contribution in [0.1, 0.15) is 18.9 Å². The molecule has 33 heavy (non-hydrogen) atoms. The van der Waals surface area contributed by atoms with Crippen molar-refractivity contribution in [3.8, 4) is 18.1 Å². The van der Waals surface area contributed by atoms with Crippen LogP contribution in [0.15, 0.2) is 59.5 Å². The molecule has 0 fully saturated rings. The van der Waals surface area contributed by atoms with Gasteiger partial charge < -0.3 is 14.7 Å². The Hall–Kier alpha value is -3.70. The summed E-state index contributed by atoms with van der Waals surface area (Å²) >= 11 is 0. The van der Waals surface area contributed by atoms with Crippen molar-refractivity contribution in [3.63, 3.8) is 0 Å². The number of terminal acetylenes is 1. The first-order chi connectivity index (χ1) is 15.7. The Morgan fingerprint density at radius 2 is 1.88 bits per heavy atom. The number of aliphatic carboxylic acids is 1. The van der Waals surface area contributed by atoms with E-state index < -0.39 is 16.0 Å². The molecule has 0 aromatic heterocycles. The molecular formula is C25H26N2O5S.